The second-order valence-electron chi connectivity index (χ2n) is 7.05. The van der Waals surface area contributed by atoms with Crippen LogP contribution in [0.3, 0.4) is 0 Å². The van der Waals surface area contributed by atoms with Crippen LogP contribution in [0.1, 0.15) is 51.5 Å². The summed E-state index contributed by atoms with van der Waals surface area (Å²) in [5.41, 5.74) is 3.45. The van der Waals surface area contributed by atoms with Gasteiger partial charge in [0.2, 0.25) is 0 Å². The smallest absolute Gasteiger partial charge is 0.164 e. The predicted molar refractivity (Wildman–Crippen MR) is 111 cm³/mol. The maximum atomic E-state index is 9.56. The van der Waals surface area contributed by atoms with Crippen molar-refractivity contribution in [1.29, 1.82) is 0 Å². The molecule has 3 rings (SSSR count). The van der Waals surface area contributed by atoms with Crippen molar-refractivity contribution in [2.45, 2.75) is 58.9 Å². The maximum Gasteiger partial charge on any atom is 0.164 e. The second-order valence-corrected chi connectivity index (χ2v) is 7.05. The summed E-state index contributed by atoms with van der Waals surface area (Å²) in [6, 6.07) is 15.9. The summed E-state index contributed by atoms with van der Waals surface area (Å²) < 4.78 is 2.20. The molecule has 2 aromatic carbocycles. The van der Waals surface area contributed by atoms with E-state index in [0.29, 0.717) is 0 Å². The lowest BCUT2D eigenvalue weighted by atomic mass is 10.0. The summed E-state index contributed by atoms with van der Waals surface area (Å²) >= 11 is 0. The van der Waals surface area contributed by atoms with Crippen molar-refractivity contribution in [3.63, 3.8) is 0 Å². The summed E-state index contributed by atoms with van der Waals surface area (Å²) in [5.74, 6) is 2.02. The van der Waals surface area contributed by atoms with Crippen molar-refractivity contribution in [1.82, 2.24) is 14.8 Å². The van der Waals surface area contributed by atoms with Gasteiger partial charge in [0.05, 0.1) is 0 Å². The number of hydrogen-bond donors (Lipinski definition) is 1. The minimum Gasteiger partial charge on any atom is -0.508 e. The van der Waals surface area contributed by atoms with E-state index in [2.05, 4.69) is 52.9 Å². The summed E-state index contributed by atoms with van der Waals surface area (Å²) in [4.78, 5) is 0. The monoisotopic (exact) mass is 363 g/mol. The number of unbranched alkanes of at least 4 members (excludes halogenated alkanes) is 3. The quantitative estimate of drug-likeness (QED) is 0.485. The van der Waals surface area contributed by atoms with Crippen LogP contribution < -0.4 is 0 Å². The third-order valence-electron chi connectivity index (χ3n) is 4.89. The van der Waals surface area contributed by atoms with Crippen molar-refractivity contribution < 1.29 is 5.11 Å². The fourth-order valence-corrected chi connectivity index (χ4v) is 3.27. The highest BCUT2D eigenvalue weighted by atomic mass is 16.3. The maximum absolute atomic E-state index is 9.56. The Labute approximate surface area is 161 Å². The molecule has 0 saturated carbocycles. The Morgan fingerprint density at radius 1 is 0.741 bits per heavy atom. The number of hydrogen-bond acceptors (Lipinski definition) is 3. The second kappa shape index (κ2) is 9.36. The number of aromatic hydroxyl groups is 1. The lowest BCUT2D eigenvalue weighted by molar-refractivity contribution is 0.475. The molecule has 1 heterocycles. The lowest BCUT2D eigenvalue weighted by Gasteiger charge is -2.11. The van der Waals surface area contributed by atoms with Gasteiger partial charge < -0.3 is 9.67 Å². The van der Waals surface area contributed by atoms with Gasteiger partial charge in [0.15, 0.2) is 11.6 Å². The molecular formula is C23H29N3O. The van der Waals surface area contributed by atoms with E-state index in [4.69, 9.17) is 0 Å². The molecule has 0 bridgehead atoms. The molecule has 0 aliphatic rings. The molecule has 142 valence electrons. The van der Waals surface area contributed by atoms with Crippen molar-refractivity contribution in [3.8, 4) is 28.5 Å². The van der Waals surface area contributed by atoms with Crippen LogP contribution in [0, 0.1) is 0 Å². The average Bonchev–Trinajstić information content (AvgIpc) is 3.11. The van der Waals surface area contributed by atoms with Gasteiger partial charge in [-0.15, -0.1) is 10.2 Å². The van der Waals surface area contributed by atoms with E-state index in [-0.39, 0.29) is 5.75 Å². The SMILES string of the molecule is CCCCCc1ccc(-c2nnc(-c3ccc(O)cc3)n2CCCC)cc1. The van der Waals surface area contributed by atoms with Gasteiger partial charge in [-0.05, 0) is 49.1 Å². The Morgan fingerprint density at radius 3 is 1.85 bits per heavy atom. The van der Waals surface area contributed by atoms with Crippen molar-refractivity contribution in [2.24, 2.45) is 0 Å². The van der Waals surface area contributed by atoms with Gasteiger partial charge in [0.1, 0.15) is 5.75 Å². The molecule has 0 fully saturated rings. The van der Waals surface area contributed by atoms with Crippen LogP contribution >= 0.6 is 0 Å². The Balaban J connectivity index is 1.89. The molecule has 0 aliphatic carbocycles. The molecule has 0 unspecified atom stereocenters. The molecule has 0 atom stereocenters. The summed E-state index contributed by atoms with van der Waals surface area (Å²) in [5, 5.41) is 18.5. The molecule has 1 N–H and O–H groups in total. The first-order valence-corrected chi connectivity index (χ1v) is 10.0. The third kappa shape index (κ3) is 4.76. The zero-order valence-corrected chi connectivity index (χ0v) is 16.4. The van der Waals surface area contributed by atoms with Crippen LogP contribution in [-0.4, -0.2) is 19.9 Å². The average molecular weight is 364 g/mol. The Morgan fingerprint density at radius 2 is 1.30 bits per heavy atom. The lowest BCUT2D eigenvalue weighted by Crippen LogP contribution is -2.03. The van der Waals surface area contributed by atoms with Gasteiger partial charge >= 0.3 is 0 Å². The molecule has 0 aliphatic heterocycles. The van der Waals surface area contributed by atoms with E-state index >= 15 is 0 Å². The highest BCUT2D eigenvalue weighted by Gasteiger charge is 2.15. The largest absolute Gasteiger partial charge is 0.508 e. The zero-order chi connectivity index (χ0) is 19.1. The zero-order valence-electron chi connectivity index (χ0n) is 16.4. The summed E-state index contributed by atoms with van der Waals surface area (Å²) in [7, 11) is 0. The minimum absolute atomic E-state index is 0.261. The molecule has 3 aromatic rings. The fraction of sp³-hybridized carbons (Fsp3) is 0.391. The molecular weight excluding hydrogens is 334 g/mol. The van der Waals surface area contributed by atoms with E-state index in [1.165, 1.54) is 24.8 Å². The number of phenols is 1. The van der Waals surface area contributed by atoms with Crippen LogP contribution in [0.15, 0.2) is 48.5 Å². The summed E-state index contributed by atoms with van der Waals surface area (Å²) in [6.07, 6.45) is 7.10. The molecule has 0 radical (unpaired) electrons. The van der Waals surface area contributed by atoms with Crippen molar-refractivity contribution in [3.05, 3.63) is 54.1 Å². The first-order valence-electron chi connectivity index (χ1n) is 10.0. The first kappa shape index (κ1) is 19.2. The number of aryl methyl sites for hydroxylation is 1. The number of benzene rings is 2. The Bertz CT molecular complexity index is 835. The van der Waals surface area contributed by atoms with E-state index in [1.807, 2.05) is 12.1 Å². The van der Waals surface area contributed by atoms with E-state index in [9.17, 15) is 5.11 Å². The van der Waals surface area contributed by atoms with Crippen LogP contribution in [0.4, 0.5) is 0 Å². The highest BCUT2D eigenvalue weighted by Crippen LogP contribution is 2.27. The molecule has 27 heavy (non-hydrogen) atoms. The predicted octanol–water partition coefficient (Wildman–Crippen LogP) is 5.85. The van der Waals surface area contributed by atoms with E-state index < -0.39 is 0 Å². The fourth-order valence-electron chi connectivity index (χ4n) is 3.27. The first-order chi connectivity index (χ1) is 13.2. The Hall–Kier alpha value is -2.62. The summed E-state index contributed by atoms with van der Waals surface area (Å²) in [6.45, 7) is 5.31. The van der Waals surface area contributed by atoms with Crippen LogP contribution in [0.25, 0.3) is 22.8 Å². The molecule has 0 spiro atoms. The molecule has 1 aromatic heterocycles. The molecule has 0 amide bonds. The van der Waals surface area contributed by atoms with Crippen LogP contribution in [0.2, 0.25) is 0 Å². The topological polar surface area (TPSA) is 50.9 Å². The molecule has 4 nitrogen and oxygen atoms in total. The number of rotatable bonds is 9. The van der Waals surface area contributed by atoms with Gasteiger partial charge in [-0.3, -0.25) is 0 Å². The normalized spacial score (nSPS) is 11.0. The third-order valence-corrected chi connectivity index (χ3v) is 4.89. The standard InChI is InChI=1S/C23H29N3O/c1-3-5-7-8-18-9-11-19(12-10-18)22-24-25-23(26(22)17-6-4-2)20-13-15-21(27)16-14-20/h9-16,27H,3-8,17H2,1-2H3. The van der Waals surface area contributed by atoms with Gasteiger partial charge in [0.25, 0.3) is 0 Å². The molecule has 0 saturated heterocycles. The van der Waals surface area contributed by atoms with Gasteiger partial charge in [-0.2, -0.15) is 0 Å². The van der Waals surface area contributed by atoms with Crippen molar-refractivity contribution in [2.75, 3.05) is 0 Å². The van der Waals surface area contributed by atoms with E-state index in [0.717, 1.165) is 48.6 Å². The number of aromatic nitrogens is 3. The molecule has 4 heteroatoms. The van der Waals surface area contributed by atoms with Gasteiger partial charge in [-0.1, -0.05) is 57.4 Å². The minimum atomic E-state index is 0.261. The number of phenolic OH excluding ortho intramolecular Hbond substituents is 1. The van der Waals surface area contributed by atoms with Gasteiger partial charge in [0, 0.05) is 17.7 Å². The van der Waals surface area contributed by atoms with E-state index in [1.54, 1.807) is 12.1 Å². The van der Waals surface area contributed by atoms with Crippen LogP contribution in [-0.2, 0) is 13.0 Å². The van der Waals surface area contributed by atoms with Gasteiger partial charge in [-0.25, -0.2) is 0 Å². The number of nitrogens with zero attached hydrogens (tertiary/aromatic N) is 3. The highest BCUT2D eigenvalue weighted by molar-refractivity contribution is 5.63. The van der Waals surface area contributed by atoms with Crippen molar-refractivity contribution >= 4 is 0 Å². The van der Waals surface area contributed by atoms with Crippen LogP contribution in [0.5, 0.6) is 5.75 Å². The Kier molecular flexibility index (Phi) is 6.64.